The highest BCUT2D eigenvalue weighted by atomic mass is 35.5. The van der Waals surface area contributed by atoms with Crippen LogP contribution in [0.25, 0.3) is 10.2 Å². The molecule has 3 heterocycles. The van der Waals surface area contributed by atoms with Crippen LogP contribution in [0.4, 0.5) is 0 Å². The fourth-order valence-electron chi connectivity index (χ4n) is 3.84. The minimum atomic E-state index is -1.000. The molecule has 1 amide bonds. The van der Waals surface area contributed by atoms with Gasteiger partial charge in [0.2, 0.25) is 0 Å². The number of esters is 1. The van der Waals surface area contributed by atoms with Crippen LogP contribution < -0.4 is 10.9 Å². The molecule has 1 unspecified atom stereocenters. The monoisotopic (exact) mass is 473 g/mol. The zero-order chi connectivity index (χ0) is 22.8. The summed E-state index contributed by atoms with van der Waals surface area (Å²) >= 11 is 7.25. The van der Waals surface area contributed by atoms with Gasteiger partial charge in [-0.15, -0.1) is 11.3 Å². The molecule has 2 aromatic heterocycles. The Morgan fingerprint density at radius 2 is 2.06 bits per heavy atom. The van der Waals surface area contributed by atoms with E-state index in [1.807, 2.05) is 18.2 Å². The predicted molar refractivity (Wildman–Crippen MR) is 124 cm³/mol. The number of carbonyl (C=O) groups is 2. The Morgan fingerprint density at radius 3 is 2.84 bits per heavy atom. The molecule has 1 N–H and O–H groups in total. The van der Waals surface area contributed by atoms with Gasteiger partial charge in [-0.25, -0.2) is 9.78 Å². The Labute approximate surface area is 194 Å². The van der Waals surface area contributed by atoms with Crippen molar-refractivity contribution in [3.63, 3.8) is 0 Å². The third kappa shape index (κ3) is 4.42. The summed E-state index contributed by atoms with van der Waals surface area (Å²) in [5.74, 6) is -0.291. The van der Waals surface area contributed by atoms with Gasteiger partial charge in [-0.3, -0.25) is 14.2 Å². The number of ether oxygens (including phenoxy) is 1. The van der Waals surface area contributed by atoms with E-state index in [2.05, 4.69) is 10.3 Å². The van der Waals surface area contributed by atoms with Crippen LogP contribution in [0.1, 0.15) is 52.8 Å². The zero-order valence-electron chi connectivity index (χ0n) is 17.9. The molecule has 0 saturated carbocycles. The number of halogens is 1. The van der Waals surface area contributed by atoms with Crippen LogP contribution in [0, 0.1) is 6.92 Å². The first kappa shape index (κ1) is 22.5. The van der Waals surface area contributed by atoms with Gasteiger partial charge in [0.1, 0.15) is 15.5 Å². The quantitative estimate of drug-likeness (QED) is 0.565. The summed E-state index contributed by atoms with van der Waals surface area (Å²) < 4.78 is 7.13. The summed E-state index contributed by atoms with van der Waals surface area (Å²) in [4.78, 5) is 43.8. The SMILES string of the molecule is Cc1c(C(=O)OC(C)C(=O)NCc2ccccc2Cl)sc2nc3n(c(=O)c12)CCCCC3. The van der Waals surface area contributed by atoms with Crippen molar-refractivity contribution in [3.8, 4) is 0 Å². The molecule has 1 aliphatic heterocycles. The molecule has 0 radical (unpaired) electrons. The van der Waals surface area contributed by atoms with E-state index in [1.165, 1.54) is 6.92 Å². The number of carbonyl (C=O) groups excluding carboxylic acids is 2. The Hall–Kier alpha value is -2.71. The number of amides is 1. The summed E-state index contributed by atoms with van der Waals surface area (Å²) in [6.07, 6.45) is 2.77. The first-order valence-corrected chi connectivity index (χ1v) is 11.8. The summed E-state index contributed by atoms with van der Waals surface area (Å²) in [5.41, 5.74) is 1.22. The first-order chi connectivity index (χ1) is 15.4. The van der Waals surface area contributed by atoms with Crippen molar-refractivity contribution in [2.45, 2.75) is 58.7 Å². The molecule has 1 atom stereocenters. The van der Waals surface area contributed by atoms with Crippen LogP contribution in [0.5, 0.6) is 0 Å². The van der Waals surface area contributed by atoms with Crippen molar-refractivity contribution in [2.75, 3.05) is 0 Å². The van der Waals surface area contributed by atoms with Gasteiger partial charge >= 0.3 is 5.97 Å². The van der Waals surface area contributed by atoms with Crippen LogP contribution >= 0.6 is 22.9 Å². The van der Waals surface area contributed by atoms with E-state index in [1.54, 1.807) is 17.6 Å². The van der Waals surface area contributed by atoms with Gasteiger partial charge in [0.05, 0.1) is 5.39 Å². The second-order valence-corrected chi connectivity index (χ2v) is 9.29. The number of fused-ring (bicyclic) bond motifs is 2. The van der Waals surface area contributed by atoms with Gasteiger partial charge in [0, 0.05) is 24.5 Å². The number of nitrogens with one attached hydrogen (secondary N) is 1. The summed E-state index contributed by atoms with van der Waals surface area (Å²) in [7, 11) is 0. The highest BCUT2D eigenvalue weighted by molar-refractivity contribution is 7.20. The van der Waals surface area contributed by atoms with Crippen LogP contribution in [0.3, 0.4) is 0 Å². The van der Waals surface area contributed by atoms with Crippen LogP contribution in [-0.4, -0.2) is 27.5 Å². The lowest BCUT2D eigenvalue weighted by Crippen LogP contribution is -2.35. The lowest BCUT2D eigenvalue weighted by Gasteiger charge is -2.13. The predicted octanol–water partition coefficient (Wildman–Crippen LogP) is 4.01. The molecule has 0 saturated heterocycles. The van der Waals surface area contributed by atoms with E-state index in [-0.39, 0.29) is 12.1 Å². The molecule has 7 nitrogen and oxygen atoms in total. The molecule has 1 aromatic carbocycles. The maximum atomic E-state index is 13.1. The molecule has 32 heavy (non-hydrogen) atoms. The molecule has 1 aliphatic rings. The zero-order valence-corrected chi connectivity index (χ0v) is 19.5. The fourth-order valence-corrected chi connectivity index (χ4v) is 5.12. The largest absolute Gasteiger partial charge is 0.448 e. The number of rotatable bonds is 5. The third-order valence-corrected chi connectivity index (χ3v) is 7.20. The molecular formula is C23H24ClN3O4S. The number of hydrogen-bond acceptors (Lipinski definition) is 6. The smallest absolute Gasteiger partial charge is 0.349 e. The number of aromatic nitrogens is 2. The van der Waals surface area contributed by atoms with Crippen molar-refractivity contribution in [3.05, 3.63) is 61.5 Å². The lowest BCUT2D eigenvalue weighted by molar-refractivity contribution is -0.129. The summed E-state index contributed by atoms with van der Waals surface area (Å²) in [5, 5.41) is 3.74. The second kappa shape index (κ2) is 9.42. The molecular weight excluding hydrogens is 450 g/mol. The standard InChI is InChI=1S/C23H24ClN3O4S/c1-13-18-21(26-17-10-4-3-7-11-27(17)22(18)29)32-19(13)23(30)31-14(2)20(28)25-12-15-8-5-6-9-16(15)24/h5-6,8-9,14H,3-4,7,10-12H2,1-2H3,(H,25,28). The minimum absolute atomic E-state index is 0.106. The highest BCUT2D eigenvalue weighted by Gasteiger charge is 2.26. The van der Waals surface area contributed by atoms with Crippen LogP contribution in [0.2, 0.25) is 5.02 Å². The van der Waals surface area contributed by atoms with E-state index >= 15 is 0 Å². The Balaban J connectivity index is 1.50. The highest BCUT2D eigenvalue weighted by Crippen LogP contribution is 2.29. The molecule has 4 rings (SSSR count). The van der Waals surface area contributed by atoms with Gasteiger partial charge in [0.25, 0.3) is 11.5 Å². The van der Waals surface area contributed by atoms with Gasteiger partial charge in [-0.1, -0.05) is 36.2 Å². The normalized spacial score (nSPS) is 14.5. The number of aryl methyl sites for hydroxylation is 2. The molecule has 168 valence electrons. The Kier molecular flexibility index (Phi) is 6.62. The van der Waals surface area contributed by atoms with Gasteiger partial charge in [-0.05, 0) is 43.9 Å². The van der Waals surface area contributed by atoms with Crippen LogP contribution in [0.15, 0.2) is 29.1 Å². The maximum Gasteiger partial charge on any atom is 0.349 e. The second-order valence-electron chi connectivity index (χ2n) is 7.89. The van der Waals surface area contributed by atoms with Crippen LogP contribution in [-0.2, 0) is 29.0 Å². The lowest BCUT2D eigenvalue weighted by atomic mass is 10.2. The minimum Gasteiger partial charge on any atom is -0.448 e. The van der Waals surface area contributed by atoms with Gasteiger partial charge < -0.3 is 10.1 Å². The van der Waals surface area contributed by atoms with Crippen molar-refractivity contribution in [2.24, 2.45) is 0 Å². The number of benzene rings is 1. The van der Waals surface area contributed by atoms with E-state index in [0.717, 1.165) is 48.4 Å². The molecule has 9 heteroatoms. The number of thiophene rings is 1. The molecule has 0 spiro atoms. The molecule has 0 fully saturated rings. The fraction of sp³-hybridized carbons (Fsp3) is 0.391. The summed E-state index contributed by atoms with van der Waals surface area (Å²) in [6.45, 7) is 4.12. The number of hydrogen-bond donors (Lipinski definition) is 1. The average molecular weight is 474 g/mol. The number of nitrogens with zero attached hydrogens (tertiary/aromatic N) is 2. The Morgan fingerprint density at radius 1 is 1.28 bits per heavy atom. The molecule has 0 aliphatic carbocycles. The van der Waals surface area contributed by atoms with Crippen molar-refractivity contribution < 1.29 is 14.3 Å². The van der Waals surface area contributed by atoms with Crippen molar-refractivity contribution in [1.82, 2.24) is 14.9 Å². The van der Waals surface area contributed by atoms with E-state index < -0.39 is 18.0 Å². The Bertz CT molecular complexity index is 1250. The van der Waals surface area contributed by atoms with Gasteiger partial charge in [-0.2, -0.15) is 0 Å². The van der Waals surface area contributed by atoms with Crippen molar-refractivity contribution in [1.29, 1.82) is 0 Å². The molecule has 3 aromatic rings. The molecule has 0 bridgehead atoms. The topological polar surface area (TPSA) is 90.3 Å². The summed E-state index contributed by atoms with van der Waals surface area (Å²) in [6, 6.07) is 7.20. The van der Waals surface area contributed by atoms with E-state index in [4.69, 9.17) is 16.3 Å². The van der Waals surface area contributed by atoms with Gasteiger partial charge in [0.15, 0.2) is 6.10 Å². The average Bonchev–Trinajstić information content (AvgIpc) is 2.94. The van der Waals surface area contributed by atoms with E-state index in [9.17, 15) is 14.4 Å². The third-order valence-electron chi connectivity index (χ3n) is 5.66. The van der Waals surface area contributed by atoms with E-state index in [0.29, 0.717) is 32.2 Å². The maximum absolute atomic E-state index is 13.1. The van der Waals surface area contributed by atoms with Crippen molar-refractivity contribution >= 4 is 45.0 Å². The first-order valence-electron chi connectivity index (χ1n) is 10.6.